The summed E-state index contributed by atoms with van der Waals surface area (Å²) in [6.07, 6.45) is 3.09. The van der Waals surface area contributed by atoms with Crippen molar-refractivity contribution in [3.63, 3.8) is 0 Å². The van der Waals surface area contributed by atoms with E-state index in [-0.39, 0.29) is 18.0 Å². The molecule has 26 heavy (non-hydrogen) atoms. The Kier molecular flexibility index (Phi) is 6.25. The third-order valence-corrected chi connectivity index (χ3v) is 4.60. The lowest BCUT2D eigenvalue weighted by Gasteiger charge is -2.33. The van der Waals surface area contributed by atoms with Crippen LogP contribution in [0, 0.1) is 0 Å². The van der Waals surface area contributed by atoms with Crippen LogP contribution in [0.3, 0.4) is 0 Å². The van der Waals surface area contributed by atoms with Crippen molar-refractivity contribution < 1.29 is 14.3 Å². The van der Waals surface area contributed by atoms with Gasteiger partial charge in [-0.25, -0.2) is 0 Å². The van der Waals surface area contributed by atoms with Crippen molar-refractivity contribution in [3.8, 4) is 5.75 Å². The van der Waals surface area contributed by atoms with Gasteiger partial charge in [0.1, 0.15) is 12.4 Å². The van der Waals surface area contributed by atoms with E-state index in [2.05, 4.69) is 21.8 Å². The van der Waals surface area contributed by atoms with Gasteiger partial charge in [-0.15, -0.1) is 0 Å². The van der Waals surface area contributed by atoms with E-state index in [9.17, 15) is 4.79 Å². The fourth-order valence-corrected chi connectivity index (χ4v) is 3.23. The molecule has 140 valence electrons. The molecule has 2 atom stereocenters. The zero-order chi connectivity index (χ0) is 18.4. The van der Waals surface area contributed by atoms with Crippen molar-refractivity contribution in [2.45, 2.75) is 31.5 Å². The Morgan fingerprint density at radius 2 is 2.23 bits per heavy atom. The van der Waals surface area contributed by atoms with Crippen molar-refractivity contribution in [2.24, 2.45) is 7.05 Å². The van der Waals surface area contributed by atoms with Crippen molar-refractivity contribution in [2.75, 3.05) is 20.3 Å². The Labute approximate surface area is 153 Å². The number of nitrogens with zero attached hydrogens (tertiary/aromatic N) is 2. The van der Waals surface area contributed by atoms with Gasteiger partial charge in [0.25, 0.3) is 0 Å². The van der Waals surface area contributed by atoms with Gasteiger partial charge < -0.3 is 20.1 Å². The number of aromatic nitrogens is 2. The molecular weight excluding hydrogens is 332 g/mol. The zero-order valence-corrected chi connectivity index (χ0v) is 15.3. The average Bonchev–Trinajstić information content (AvgIpc) is 3.07. The first-order chi connectivity index (χ1) is 12.7. The van der Waals surface area contributed by atoms with Crippen LogP contribution < -0.4 is 15.4 Å². The standard InChI is InChI=1S/C19H26N4O3/c1-23-17(8-9-21-23)19-16(6-7-18(24)22-19)20-13-14-4-3-5-15(12-14)26-11-10-25-2/h3-5,8-9,12,16,19-20H,6-7,10-11,13H2,1-2H3,(H,22,24)/t16-,19-/m1/s1. The van der Waals surface area contributed by atoms with Crippen LogP contribution in [-0.4, -0.2) is 42.1 Å². The van der Waals surface area contributed by atoms with Crippen LogP contribution >= 0.6 is 0 Å². The Morgan fingerprint density at radius 1 is 1.35 bits per heavy atom. The molecule has 1 aliphatic rings. The highest BCUT2D eigenvalue weighted by Crippen LogP contribution is 2.24. The predicted molar refractivity (Wildman–Crippen MR) is 97.8 cm³/mol. The normalized spacial score (nSPS) is 20.0. The lowest BCUT2D eigenvalue weighted by Crippen LogP contribution is -2.48. The Bertz CT molecular complexity index is 731. The molecule has 2 heterocycles. The average molecular weight is 358 g/mol. The second-order valence-corrected chi connectivity index (χ2v) is 6.44. The number of nitrogens with one attached hydrogen (secondary N) is 2. The van der Waals surface area contributed by atoms with Crippen molar-refractivity contribution in [1.29, 1.82) is 0 Å². The van der Waals surface area contributed by atoms with Crippen LogP contribution in [0.25, 0.3) is 0 Å². The van der Waals surface area contributed by atoms with Crippen LogP contribution in [-0.2, 0) is 23.1 Å². The molecule has 1 aliphatic heterocycles. The second-order valence-electron chi connectivity index (χ2n) is 6.44. The van der Waals surface area contributed by atoms with Crippen LogP contribution in [0.4, 0.5) is 0 Å². The van der Waals surface area contributed by atoms with Gasteiger partial charge in [-0.2, -0.15) is 5.10 Å². The minimum atomic E-state index is -0.0788. The van der Waals surface area contributed by atoms with Crippen LogP contribution in [0.15, 0.2) is 36.5 Å². The SMILES string of the molecule is COCCOc1cccc(CN[C@@H]2CCC(=O)N[C@H]2c2ccnn2C)c1. The Morgan fingerprint density at radius 3 is 3.00 bits per heavy atom. The molecule has 1 aromatic heterocycles. The smallest absolute Gasteiger partial charge is 0.220 e. The topological polar surface area (TPSA) is 77.4 Å². The molecule has 0 spiro atoms. The molecule has 1 saturated heterocycles. The van der Waals surface area contributed by atoms with Gasteiger partial charge in [-0.05, 0) is 30.2 Å². The fraction of sp³-hybridized carbons (Fsp3) is 0.474. The third-order valence-electron chi connectivity index (χ3n) is 4.60. The van der Waals surface area contributed by atoms with Crippen molar-refractivity contribution in [3.05, 3.63) is 47.8 Å². The number of amides is 1. The number of carbonyl (C=O) groups is 1. The molecule has 0 unspecified atom stereocenters. The van der Waals surface area contributed by atoms with Crippen LogP contribution in [0.2, 0.25) is 0 Å². The summed E-state index contributed by atoms with van der Waals surface area (Å²) in [5, 5.41) is 10.9. The minimum absolute atomic E-state index is 0.0788. The first kappa shape index (κ1) is 18.4. The number of aryl methyl sites for hydroxylation is 1. The van der Waals surface area contributed by atoms with Gasteiger partial charge in [0.2, 0.25) is 5.91 Å². The number of hydrogen-bond donors (Lipinski definition) is 2. The van der Waals surface area contributed by atoms with E-state index in [1.165, 1.54) is 0 Å². The number of hydrogen-bond acceptors (Lipinski definition) is 5. The van der Waals surface area contributed by atoms with E-state index in [1.807, 2.05) is 36.0 Å². The third kappa shape index (κ3) is 4.62. The van der Waals surface area contributed by atoms with Gasteiger partial charge in [0.15, 0.2) is 0 Å². The molecule has 0 bridgehead atoms. The first-order valence-electron chi connectivity index (χ1n) is 8.88. The summed E-state index contributed by atoms with van der Waals surface area (Å²) in [4.78, 5) is 11.9. The minimum Gasteiger partial charge on any atom is -0.491 e. The van der Waals surface area contributed by atoms with Crippen LogP contribution in [0.1, 0.15) is 30.1 Å². The summed E-state index contributed by atoms with van der Waals surface area (Å²) in [6, 6.07) is 10.1. The molecule has 3 rings (SSSR count). The zero-order valence-electron chi connectivity index (χ0n) is 15.3. The summed E-state index contributed by atoms with van der Waals surface area (Å²) < 4.78 is 12.5. The maximum absolute atomic E-state index is 11.9. The van der Waals surface area contributed by atoms with E-state index in [0.717, 1.165) is 23.4 Å². The van der Waals surface area contributed by atoms with E-state index < -0.39 is 0 Å². The molecule has 1 amide bonds. The summed E-state index contributed by atoms with van der Waals surface area (Å²) >= 11 is 0. The summed E-state index contributed by atoms with van der Waals surface area (Å²) in [5.74, 6) is 0.921. The highest BCUT2D eigenvalue weighted by atomic mass is 16.5. The highest BCUT2D eigenvalue weighted by molar-refractivity contribution is 5.77. The maximum atomic E-state index is 11.9. The molecule has 7 heteroatoms. The predicted octanol–water partition coefficient (Wildman–Crippen LogP) is 1.55. The number of ether oxygens (including phenoxy) is 2. The van der Waals surface area contributed by atoms with Gasteiger partial charge >= 0.3 is 0 Å². The molecule has 0 radical (unpaired) electrons. The monoisotopic (exact) mass is 358 g/mol. The molecule has 2 N–H and O–H groups in total. The molecule has 1 fully saturated rings. The molecular formula is C19H26N4O3. The van der Waals surface area contributed by atoms with Crippen molar-refractivity contribution >= 4 is 5.91 Å². The maximum Gasteiger partial charge on any atom is 0.220 e. The summed E-state index contributed by atoms with van der Waals surface area (Å²) in [5.41, 5.74) is 2.15. The van der Waals surface area contributed by atoms with Gasteiger partial charge in [-0.1, -0.05) is 12.1 Å². The molecule has 0 aliphatic carbocycles. The van der Waals surface area contributed by atoms with E-state index in [1.54, 1.807) is 13.3 Å². The van der Waals surface area contributed by atoms with Crippen molar-refractivity contribution in [1.82, 2.24) is 20.4 Å². The Hall–Kier alpha value is -2.38. The van der Waals surface area contributed by atoms with Gasteiger partial charge in [0, 0.05) is 39.4 Å². The Balaban J connectivity index is 1.63. The lowest BCUT2D eigenvalue weighted by atomic mass is 9.95. The molecule has 2 aromatic rings. The first-order valence-corrected chi connectivity index (χ1v) is 8.88. The van der Waals surface area contributed by atoms with Crippen LogP contribution in [0.5, 0.6) is 5.75 Å². The van der Waals surface area contributed by atoms with E-state index in [4.69, 9.17) is 9.47 Å². The number of benzene rings is 1. The highest BCUT2D eigenvalue weighted by Gasteiger charge is 2.31. The molecule has 0 saturated carbocycles. The van der Waals surface area contributed by atoms with Gasteiger partial charge in [0.05, 0.1) is 18.3 Å². The van der Waals surface area contributed by atoms with E-state index >= 15 is 0 Å². The fourth-order valence-electron chi connectivity index (χ4n) is 3.23. The number of piperidine rings is 1. The quantitative estimate of drug-likeness (QED) is 0.700. The number of carbonyl (C=O) groups excluding carboxylic acids is 1. The summed E-state index contributed by atoms with van der Waals surface area (Å²) in [7, 11) is 3.55. The molecule has 7 nitrogen and oxygen atoms in total. The lowest BCUT2D eigenvalue weighted by molar-refractivity contribution is -0.124. The van der Waals surface area contributed by atoms with Gasteiger partial charge in [-0.3, -0.25) is 9.48 Å². The number of rotatable bonds is 8. The largest absolute Gasteiger partial charge is 0.491 e. The second kappa shape index (κ2) is 8.82. The molecule has 1 aromatic carbocycles. The van der Waals surface area contributed by atoms with E-state index in [0.29, 0.717) is 26.2 Å². The number of methoxy groups -OCH3 is 1. The summed E-state index contributed by atoms with van der Waals surface area (Å²) in [6.45, 7) is 1.80.